The van der Waals surface area contributed by atoms with Gasteiger partial charge in [0.15, 0.2) is 5.84 Å². The maximum atomic E-state index is 11.3. The summed E-state index contributed by atoms with van der Waals surface area (Å²) in [5.41, 5.74) is 8.17. The van der Waals surface area contributed by atoms with E-state index < -0.39 is 5.92 Å². The molecule has 0 saturated carbocycles. The van der Waals surface area contributed by atoms with Crippen molar-refractivity contribution in [3.63, 3.8) is 0 Å². The first kappa shape index (κ1) is 12.2. The number of carbonyl (C=O) groups is 1. The summed E-state index contributed by atoms with van der Waals surface area (Å²) >= 11 is 0. The van der Waals surface area contributed by atoms with E-state index in [1.807, 2.05) is 6.92 Å². The van der Waals surface area contributed by atoms with Crippen LogP contribution in [0.25, 0.3) is 10.4 Å². The number of rotatable bonds is 4. The molecule has 0 aromatic heterocycles. The number of nitrogens with zero attached hydrogens (tertiary/aromatic N) is 4. The van der Waals surface area contributed by atoms with Crippen molar-refractivity contribution in [1.82, 2.24) is 5.32 Å². The molecule has 0 aromatic rings. The van der Waals surface area contributed by atoms with E-state index in [2.05, 4.69) is 20.5 Å². The minimum Gasteiger partial charge on any atom is -0.411 e. The van der Waals surface area contributed by atoms with Gasteiger partial charge in [-0.05, 0) is 17.1 Å². The molecule has 0 heterocycles. The lowest BCUT2D eigenvalue weighted by Crippen LogP contribution is -2.32. The third kappa shape index (κ3) is 3.32. The summed E-state index contributed by atoms with van der Waals surface area (Å²) in [6, 6.07) is 0. The van der Waals surface area contributed by atoms with Gasteiger partial charge in [-0.15, -0.1) is 0 Å². The van der Waals surface area contributed by atoms with Crippen LogP contribution < -0.4 is 5.32 Å². The van der Waals surface area contributed by atoms with Crippen LogP contribution >= 0.6 is 0 Å². The summed E-state index contributed by atoms with van der Waals surface area (Å²) in [6.45, 7) is 1.88. The Labute approximate surface area is 81.4 Å². The maximum absolute atomic E-state index is 11.3. The molecule has 78 valence electrons. The fraction of sp³-hybridized carbons (Fsp3) is 0.714. The van der Waals surface area contributed by atoms with Gasteiger partial charge < -0.3 is 10.5 Å². The van der Waals surface area contributed by atoms with Gasteiger partial charge in [0.2, 0.25) is 5.91 Å². The zero-order valence-electron chi connectivity index (χ0n) is 8.14. The van der Waals surface area contributed by atoms with Crippen LogP contribution in [0.3, 0.4) is 0 Å². The van der Waals surface area contributed by atoms with E-state index >= 15 is 0 Å². The molecule has 0 aliphatic carbocycles. The van der Waals surface area contributed by atoms with Crippen molar-refractivity contribution in [2.75, 3.05) is 7.05 Å². The molecule has 0 fully saturated rings. The van der Waals surface area contributed by atoms with Gasteiger partial charge in [-0.2, -0.15) is 0 Å². The monoisotopic (exact) mass is 199 g/mol. The Morgan fingerprint density at radius 1 is 1.71 bits per heavy atom. The Hall–Kier alpha value is -1.75. The second kappa shape index (κ2) is 6.73. The summed E-state index contributed by atoms with van der Waals surface area (Å²) in [7, 11) is 1.47. The van der Waals surface area contributed by atoms with Crippen LogP contribution in [-0.2, 0) is 4.79 Å². The van der Waals surface area contributed by atoms with Gasteiger partial charge in [-0.25, -0.2) is 0 Å². The highest BCUT2D eigenvalue weighted by Gasteiger charge is 2.22. The number of carbonyl (C=O) groups excluding carboxylic acids is 1. The summed E-state index contributed by atoms with van der Waals surface area (Å²) in [5, 5.41) is 16.9. The van der Waals surface area contributed by atoms with Crippen molar-refractivity contribution in [2.45, 2.75) is 19.8 Å². The molecular formula is C7H13N5O2. The molecule has 1 amide bonds. The van der Waals surface area contributed by atoms with E-state index in [0.29, 0.717) is 6.42 Å². The van der Waals surface area contributed by atoms with E-state index in [4.69, 9.17) is 10.7 Å². The van der Waals surface area contributed by atoms with Crippen LogP contribution in [0.5, 0.6) is 0 Å². The SMILES string of the molecule is CCCC(C(=O)NC)/C(N=[N+]=[N-])=N/O. The van der Waals surface area contributed by atoms with Crippen molar-refractivity contribution in [2.24, 2.45) is 16.2 Å². The average molecular weight is 199 g/mol. The van der Waals surface area contributed by atoms with Gasteiger partial charge in [0.1, 0.15) is 0 Å². The van der Waals surface area contributed by atoms with Gasteiger partial charge in [0, 0.05) is 12.0 Å². The van der Waals surface area contributed by atoms with Gasteiger partial charge in [0.05, 0.1) is 5.92 Å². The molecular weight excluding hydrogens is 186 g/mol. The molecule has 1 unspecified atom stereocenters. The summed E-state index contributed by atoms with van der Waals surface area (Å²) in [6.07, 6.45) is 1.19. The highest BCUT2D eigenvalue weighted by Crippen LogP contribution is 2.10. The fourth-order valence-corrected chi connectivity index (χ4v) is 1.05. The number of amides is 1. The Morgan fingerprint density at radius 3 is 2.71 bits per heavy atom. The van der Waals surface area contributed by atoms with Crippen molar-refractivity contribution in [1.29, 1.82) is 0 Å². The predicted octanol–water partition coefficient (Wildman–Crippen LogP) is 1.25. The molecule has 0 aliphatic heterocycles. The Bertz CT molecular complexity index is 269. The van der Waals surface area contributed by atoms with Crippen molar-refractivity contribution in [3.8, 4) is 0 Å². The largest absolute Gasteiger partial charge is 0.411 e. The third-order valence-electron chi connectivity index (χ3n) is 1.70. The zero-order valence-corrected chi connectivity index (χ0v) is 8.14. The first-order chi connectivity index (χ1) is 6.71. The Balaban J connectivity index is 4.78. The lowest BCUT2D eigenvalue weighted by molar-refractivity contribution is -0.122. The van der Waals surface area contributed by atoms with Gasteiger partial charge in [-0.1, -0.05) is 18.5 Å². The zero-order chi connectivity index (χ0) is 11.0. The quantitative estimate of drug-likeness (QED) is 0.135. The first-order valence-corrected chi connectivity index (χ1v) is 4.19. The first-order valence-electron chi connectivity index (χ1n) is 4.19. The average Bonchev–Trinajstić information content (AvgIpc) is 2.22. The number of hydrogen-bond donors (Lipinski definition) is 2. The van der Waals surface area contributed by atoms with E-state index in [1.54, 1.807) is 0 Å². The van der Waals surface area contributed by atoms with E-state index in [1.165, 1.54) is 7.05 Å². The highest BCUT2D eigenvalue weighted by atomic mass is 16.4. The Morgan fingerprint density at radius 2 is 2.36 bits per heavy atom. The topological polar surface area (TPSA) is 110 Å². The van der Waals surface area contributed by atoms with E-state index in [9.17, 15) is 4.79 Å². The molecule has 0 rings (SSSR count). The molecule has 7 heteroatoms. The summed E-state index contributed by atoms with van der Waals surface area (Å²) < 4.78 is 0. The number of oxime groups is 1. The molecule has 0 bridgehead atoms. The van der Waals surface area contributed by atoms with Crippen LogP contribution in [0.1, 0.15) is 19.8 Å². The third-order valence-corrected chi connectivity index (χ3v) is 1.70. The van der Waals surface area contributed by atoms with Crippen LogP contribution in [0.2, 0.25) is 0 Å². The smallest absolute Gasteiger partial charge is 0.228 e. The molecule has 0 aromatic carbocycles. The molecule has 1 atom stereocenters. The summed E-state index contributed by atoms with van der Waals surface area (Å²) in [5.74, 6) is -1.22. The van der Waals surface area contributed by atoms with Crippen molar-refractivity contribution in [3.05, 3.63) is 10.4 Å². The van der Waals surface area contributed by atoms with Crippen LogP contribution in [-0.4, -0.2) is 24.0 Å². The molecule has 0 aliphatic rings. The summed E-state index contributed by atoms with van der Waals surface area (Å²) in [4.78, 5) is 13.8. The predicted molar refractivity (Wildman–Crippen MR) is 50.8 cm³/mol. The van der Waals surface area contributed by atoms with Crippen molar-refractivity contribution < 1.29 is 10.0 Å². The highest BCUT2D eigenvalue weighted by molar-refractivity contribution is 6.03. The lowest BCUT2D eigenvalue weighted by Gasteiger charge is -2.11. The van der Waals surface area contributed by atoms with Crippen molar-refractivity contribution >= 4 is 11.7 Å². The standard InChI is InChI=1S/C7H13N5O2/c1-3-4-5(7(13)9-2)6(11-14)10-12-8/h5,14H,3-4H2,1-2H3,(H,9,13)/b11-6-. The lowest BCUT2D eigenvalue weighted by atomic mass is 10.0. The van der Waals surface area contributed by atoms with Crippen LogP contribution in [0.4, 0.5) is 0 Å². The molecule has 0 saturated heterocycles. The van der Waals surface area contributed by atoms with Crippen LogP contribution in [0, 0.1) is 5.92 Å². The second-order valence-electron chi connectivity index (χ2n) is 2.60. The maximum Gasteiger partial charge on any atom is 0.228 e. The van der Waals surface area contributed by atoms with Gasteiger partial charge in [-0.3, -0.25) is 4.79 Å². The van der Waals surface area contributed by atoms with E-state index in [0.717, 1.165) is 6.42 Å². The van der Waals surface area contributed by atoms with E-state index in [-0.39, 0.29) is 11.7 Å². The Kier molecular flexibility index (Phi) is 5.89. The number of hydrogen-bond acceptors (Lipinski definition) is 3. The number of amidine groups is 1. The number of nitrogens with one attached hydrogen (secondary N) is 1. The second-order valence-corrected chi connectivity index (χ2v) is 2.60. The minimum absolute atomic E-state index is 0.200. The molecule has 7 nitrogen and oxygen atoms in total. The molecule has 14 heavy (non-hydrogen) atoms. The minimum atomic E-state index is -0.689. The number of azide groups is 1. The molecule has 2 N–H and O–H groups in total. The molecule has 0 spiro atoms. The van der Waals surface area contributed by atoms with Crippen LogP contribution in [0.15, 0.2) is 10.3 Å². The normalized spacial score (nSPS) is 12.9. The fourth-order valence-electron chi connectivity index (χ4n) is 1.05. The molecule has 0 radical (unpaired) electrons. The van der Waals surface area contributed by atoms with Gasteiger partial charge >= 0.3 is 0 Å². The van der Waals surface area contributed by atoms with Gasteiger partial charge in [0.25, 0.3) is 0 Å².